The molecule has 1 aliphatic rings. The van der Waals surface area contributed by atoms with Crippen LogP contribution in [0.5, 0.6) is 11.6 Å². The van der Waals surface area contributed by atoms with E-state index in [1.54, 1.807) is 18.3 Å². The second kappa shape index (κ2) is 6.43. The molecule has 0 bridgehead atoms. The quantitative estimate of drug-likeness (QED) is 0.809. The summed E-state index contributed by atoms with van der Waals surface area (Å²) in [6.45, 7) is 0. The van der Waals surface area contributed by atoms with Crippen molar-refractivity contribution in [3.05, 3.63) is 53.7 Å². The number of nitrogens with two attached hydrogens (primary N) is 1. The number of sulfonamides is 1. The summed E-state index contributed by atoms with van der Waals surface area (Å²) >= 11 is 3.41. The van der Waals surface area contributed by atoms with Crippen molar-refractivity contribution in [1.29, 1.82) is 0 Å². The van der Waals surface area contributed by atoms with Gasteiger partial charge in [0.15, 0.2) is 0 Å². The van der Waals surface area contributed by atoms with Gasteiger partial charge in [0, 0.05) is 29.1 Å². The lowest BCUT2D eigenvalue weighted by Crippen LogP contribution is -2.15. The highest BCUT2D eigenvalue weighted by molar-refractivity contribution is 9.09. The van der Waals surface area contributed by atoms with Gasteiger partial charge in [-0.25, -0.2) is 18.5 Å². The zero-order chi connectivity index (χ0) is 16.4. The lowest BCUT2D eigenvalue weighted by molar-refractivity contribution is 0.458. The second-order valence-corrected chi connectivity index (χ2v) is 7.44. The summed E-state index contributed by atoms with van der Waals surface area (Å²) in [6, 6.07) is 8.61. The van der Waals surface area contributed by atoms with Gasteiger partial charge in [-0.05, 0) is 36.3 Å². The molecule has 120 valence electrons. The van der Waals surface area contributed by atoms with E-state index in [0.29, 0.717) is 23.6 Å². The molecule has 7 heteroatoms. The highest BCUT2D eigenvalue weighted by atomic mass is 79.9. The average molecular weight is 395 g/mol. The summed E-state index contributed by atoms with van der Waals surface area (Å²) in [5, 5.41) is 6.17. The SMILES string of the molecule is NS(=O)(=O)c1cccc2c1CC(=CCCBr)c1cccnc1O2. The lowest BCUT2D eigenvalue weighted by Gasteiger charge is -2.10. The number of benzene rings is 1. The molecule has 0 aliphatic carbocycles. The summed E-state index contributed by atoms with van der Waals surface area (Å²) in [5.41, 5.74) is 2.40. The minimum atomic E-state index is -3.83. The summed E-state index contributed by atoms with van der Waals surface area (Å²) in [6.07, 6.45) is 4.95. The molecule has 0 spiro atoms. The standard InChI is InChI=1S/C16H15BrN2O3S/c17-8-2-4-11-10-13-14(6-1-7-15(13)23(18,20)21)22-16-12(11)5-3-9-19-16/h1,3-7,9H,2,8,10H2,(H2,18,20,21). The smallest absolute Gasteiger partial charge is 0.238 e. The summed E-state index contributed by atoms with van der Waals surface area (Å²) in [5.74, 6) is 0.942. The molecule has 23 heavy (non-hydrogen) atoms. The van der Waals surface area contributed by atoms with E-state index < -0.39 is 10.0 Å². The highest BCUT2D eigenvalue weighted by Crippen LogP contribution is 2.39. The van der Waals surface area contributed by atoms with Crippen LogP contribution in [-0.2, 0) is 16.4 Å². The van der Waals surface area contributed by atoms with Gasteiger partial charge in [-0.3, -0.25) is 0 Å². The normalized spacial score (nSPS) is 15.5. The van der Waals surface area contributed by atoms with Gasteiger partial charge in [0.05, 0.1) is 4.90 Å². The number of allylic oxidation sites excluding steroid dienone is 2. The van der Waals surface area contributed by atoms with Crippen molar-refractivity contribution in [2.75, 3.05) is 5.33 Å². The molecular formula is C16H15BrN2O3S. The number of hydrogen-bond acceptors (Lipinski definition) is 4. The van der Waals surface area contributed by atoms with Gasteiger partial charge in [-0.2, -0.15) is 0 Å². The van der Waals surface area contributed by atoms with Gasteiger partial charge < -0.3 is 4.74 Å². The predicted octanol–water partition coefficient (Wildman–Crippen LogP) is 3.25. The minimum absolute atomic E-state index is 0.0903. The van der Waals surface area contributed by atoms with Gasteiger partial charge >= 0.3 is 0 Å². The molecule has 1 aliphatic heterocycles. The molecular weight excluding hydrogens is 380 g/mol. The Morgan fingerprint density at radius 1 is 1.30 bits per heavy atom. The minimum Gasteiger partial charge on any atom is -0.438 e. The number of halogens is 1. The third kappa shape index (κ3) is 3.31. The van der Waals surface area contributed by atoms with Crippen LogP contribution in [0.3, 0.4) is 0 Å². The van der Waals surface area contributed by atoms with E-state index in [4.69, 9.17) is 9.88 Å². The first-order chi connectivity index (χ1) is 11.0. The van der Waals surface area contributed by atoms with Crippen molar-refractivity contribution in [2.45, 2.75) is 17.7 Å². The first kappa shape index (κ1) is 16.2. The van der Waals surface area contributed by atoms with Gasteiger partial charge in [0.2, 0.25) is 15.9 Å². The molecule has 5 nitrogen and oxygen atoms in total. The lowest BCUT2D eigenvalue weighted by atomic mass is 9.98. The van der Waals surface area contributed by atoms with Crippen LogP contribution >= 0.6 is 15.9 Å². The Labute approximate surface area is 143 Å². The molecule has 2 aromatic rings. The number of nitrogens with zero attached hydrogens (tertiary/aromatic N) is 1. The zero-order valence-electron chi connectivity index (χ0n) is 12.2. The van der Waals surface area contributed by atoms with Crippen molar-refractivity contribution in [1.82, 2.24) is 4.98 Å². The Morgan fingerprint density at radius 3 is 2.87 bits per heavy atom. The fraction of sp³-hybridized carbons (Fsp3) is 0.188. The molecule has 1 aromatic heterocycles. The topological polar surface area (TPSA) is 82.3 Å². The van der Waals surface area contributed by atoms with Crippen molar-refractivity contribution in [3.8, 4) is 11.6 Å². The van der Waals surface area contributed by atoms with Crippen LogP contribution in [0, 0.1) is 0 Å². The Bertz CT molecular complexity index is 879. The number of ether oxygens (including phenoxy) is 1. The van der Waals surface area contributed by atoms with E-state index in [0.717, 1.165) is 22.9 Å². The summed E-state index contributed by atoms with van der Waals surface area (Å²) in [7, 11) is -3.83. The monoisotopic (exact) mass is 394 g/mol. The van der Waals surface area contributed by atoms with Gasteiger partial charge in [0.25, 0.3) is 0 Å². The molecule has 0 radical (unpaired) electrons. The summed E-state index contributed by atoms with van der Waals surface area (Å²) in [4.78, 5) is 4.36. The number of rotatable bonds is 3. The van der Waals surface area contributed by atoms with Gasteiger partial charge in [-0.15, -0.1) is 0 Å². The zero-order valence-corrected chi connectivity index (χ0v) is 14.6. The van der Waals surface area contributed by atoms with Crippen LogP contribution in [-0.4, -0.2) is 18.7 Å². The van der Waals surface area contributed by atoms with E-state index in [1.165, 1.54) is 6.07 Å². The maximum atomic E-state index is 11.9. The number of fused-ring (bicyclic) bond motifs is 2. The third-order valence-corrected chi connectivity index (χ3v) is 5.04. The van der Waals surface area contributed by atoms with Crippen molar-refractivity contribution >= 4 is 31.5 Å². The molecule has 1 aromatic carbocycles. The van der Waals surface area contributed by atoms with Crippen LogP contribution < -0.4 is 9.88 Å². The molecule has 0 fully saturated rings. The van der Waals surface area contributed by atoms with E-state index in [2.05, 4.69) is 27.0 Å². The van der Waals surface area contributed by atoms with Crippen molar-refractivity contribution < 1.29 is 13.2 Å². The molecule has 2 heterocycles. The fourth-order valence-corrected chi connectivity index (χ4v) is 3.61. The predicted molar refractivity (Wildman–Crippen MR) is 92.2 cm³/mol. The van der Waals surface area contributed by atoms with Crippen molar-refractivity contribution in [3.63, 3.8) is 0 Å². The van der Waals surface area contributed by atoms with E-state index >= 15 is 0 Å². The largest absolute Gasteiger partial charge is 0.438 e. The van der Waals surface area contributed by atoms with E-state index in [9.17, 15) is 8.42 Å². The molecule has 0 saturated heterocycles. The molecule has 0 amide bonds. The fourth-order valence-electron chi connectivity index (χ4n) is 2.60. The Hall–Kier alpha value is -1.70. The first-order valence-corrected chi connectivity index (χ1v) is 9.70. The average Bonchev–Trinajstić information content (AvgIpc) is 2.67. The highest BCUT2D eigenvalue weighted by Gasteiger charge is 2.24. The van der Waals surface area contributed by atoms with Crippen LogP contribution in [0.1, 0.15) is 17.5 Å². The Balaban J connectivity index is 2.22. The third-order valence-electron chi connectivity index (χ3n) is 3.59. The van der Waals surface area contributed by atoms with Crippen LogP contribution in [0.15, 0.2) is 47.5 Å². The van der Waals surface area contributed by atoms with Gasteiger partial charge in [0.1, 0.15) is 5.75 Å². The molecule has 0 saturated carbocycles. The van der Waals surface area contributed by atoms with Crippen LogP contribution in [0.2, 0.25) is 0 Å². The second-order valence-electron chi connectivity index (χ2n) is 5.12. The Kier molecular flexibility index (Phi) is 4.52. The van der Waals surface area contributed by atoms with Crippen LogP contribution in [0.4, 0.5) is 0 Å². The Morgan fingerprint density at radius 2 is 2.13 bits per heavy atom. The molecule has 3 rings (SSSR count). The number of primary sulfonamides is 1. The van der Waals surface area contributed by atoms with E-state index in [-0.39, 0.29) is 4.90 Å². The number of hydrogen-bond donors (Lipinski definition) is 1. The number of alkyl halides is 1. The number of aromatic nitrogens is 1. The maximum absolute atomic E-state index is 11.9. The van der Waals surface area contributed by atoms with Gasteiger partial charge in [-0.1, -0.05) is 28.1 Å². The number of pyridine rings is 1. The maximum Gasteiger partial charge on any atom is 0.238 e. The van der Waals surface area contributed by atoms with Crippen molar-refractivity contribution in [2.24, 2.45) is 5.14 Å². The van der Waals surface area contributed by atoms with Crippen LogP contribution in [0.25, 0.3) is 5.57 Å². The van der Waals surface area contributed by atoms with E-state index in [1.807, 2.05) is 12.1 Å². The first-order valence-electron chi connectivity index (χ1n) is 7.03. The molecule has 2 N–H and O–H groups in total. The summed E-state index contributed by atoms with van der Waals surface area (Å²) < 4.78 is 29.6. The molecule has 0 unspecified atom stereocenters. The molecule has 0 atom stereocenters.